The standard InChI is InChI=1S/C24H28O3/c1-27-24(26)23-16(9-6-12-22(23)25)13-14-21-19-10-4-2-7-17(19)15-18-8-3-5-11-20(18)21/h2,4,6-7,9-10,12,18,20-21,25H,3,5,8,11,13-15H2,1H3/t18-,20-,21-/m0/s1. The molecular weight excluding hydrogens is 336 g/mol. The normalized spacial score (nSPS) is 24.0. The molecule has 0 amide bonds. The largest absolute Gasteiger partial charge is 0.507 e. The minimum absolute atomic E-state index is 0.0129. The molecule has 2 aliphatic rings. The van der Waals surface area contributed by atoms with Gasteiger partial charge in [0.25, 0.3) is 0 Å². The first kappa shape index (κ1) is 18.1. The van der Waals surface area contributed by atoms with E-state index in [1.54, 1.807) is 6.07 Å². The molecule has 1 saturated carbocycles. The summed E-state index contributed by atoms with van der Waals surface area (Å²) in [6, 6.07) is 14.2. The Morgan fingerprint density at radius 3 is 2.78 bits per heavy atom. The van der Waals surface area contributed by atoms with Gasteiger partial charge in [-0.1, -0.05) is 49.2 Å². The van der Waals surface area contributed by atoms with Crippen LogP contribution in [0.3, 0.4) is 0 Å². The van der Waals surface area contributed by atoms with Crippen molar-refractivity contribution in [3.05, 3.63) is 64.7 Å². The van der Waals surface area contributed by atoms with Gasteiger partial charge in [-0.15, -0.1) is 0 Å². The molecular formula is C24H28O3. The van der Waals surface area contributed by atoms with Crippen LogP contribution < -0.4 is 0 Å². The Balaban J connectivity index is 1.62. The van der Waals surface area contributed by atoms with Gasteiger partial charge in [-0.25, -0.2) is 4.79 Å². The van der Waals surface area contributed by atoms with Gasteiger partial charge >= 0.3 is 5.97 Å². The minimum atomic E-state index is -0.456. The number of phenolic OH excluding ortho intramolecular Hbond substituents is 1. The average Bonchev–Trinajstić information content (AvgIpc) is 2.70. The van der Waals surface area contributed by atoms with Crippen molar-refractivity contribution in [1.29, 1.82) is 0 Å². The zero-order chi connectivity index (χ0) is 18.8. The maximum atomic E-state index is 12.2. The van der Waals surface area contributed by atoms with Crippen molar-refractivity contribution in [3.8, 4) is 5.75 Å². The molecule has 142 valence electrons. The van der Waals surface area contributed by atoms with Gasteiger partial charge in [-0.3, -0.25) is 0 Å². The summed E-state index contributed by atoms with van der Waals surface area (Å²) >= 11 is 0. The third-order valence-corrected chi connectivity index (χ3v) is 6.66. The number of aryl methyl sites for hydroxylation is 1. The number of esters is 1. The second kappa shape index (κ2) is 7.75. The Bertz CT molecular complexity index is 826. The number of fused-ring (bicyclic) bond motifs is 2. The number of aromatic hydroxyl groups is 1. The van der Waals surface area contributed by atoms with Crippen LogP contribution in [0.25, 0.3) is 0 Å². The van der Waals surface area contributed by atoms with Gasteiger partial charge in [0, 0.05) is 0 Å². The van der Waals surface area contributed by atoms with Crippen molar-refractivity contribution < 1.29 is 14.6 Å². The summed E-state index contributed by atoms with van der Waals surface area (Å²) in [5.74, 6) is 1.63. The smallest absolute Gasteiger partial charge is 0.341 e. The predicted molar refractivity (Wildman–Crippen MR) is 106 cm³/mol. The van der Waals surface area contributed by atoms with Crippen LogP contribution in [0.1, 0.15) is 65.1 Å². The minimum Gasteiger partial charge on any atom is -0.507 e. The van der Waals surface area contributed by atoms with Gasteiger partial charge in [0.2, 0.25) is 0 Å². The molecule has 27 heavy (non-hydrogen) atoms. The van der Waals surface area contributed by atoms with E-state index in [9.17, 15) is 9.90 Å². The molecule has 3 atom stereocenters. The molecule has 0 aromatic heterocycles. The van der Waals surface area contributed by atoms with E-state index >= 15 is 0 Å². The van der Waals surface area contributed by atoms with Crippen molar-refractivity contribution in [2.24, 2.45) is 11.8 Å². The molecule has 0 heterocycles. The first-order chi connectivity index (χ1) is 13.2. The fourth-order valence-electron chi connectivity index (χ4n) is 5.43. The second-order valence-electron chi connectivity index (χ2n) is 8.06. The Morgan fingerprint density at radius 2 is 1.93 bits per heavy atom. The average molecular weight is 364 g/mol. The number of methoxy groups -OCH3 is 1. The molecule has 2 aromatic rings. The van der Waals surface area contributed by atoms with Crippen molar-refractivity contribution in [2.75, 3.05) is 7.11 Å². The van der Waals surface area contributed by atoms with E-state index in [2.05, 4.69) is 24.3 Å². The molecule has 3 nitrogen and oxygen atoms in total. The van der Waals surface area contributed by atoms with Gasteiger partial charge < -0.3 is 9.84 Å². The third-order valence-electron chi connectivity index (χ3n) is 6.66. The summed E-state index contributed by atoms with van der Waals surface area (Å²) in [7, 11) is 1.36. The highest BCUT2D eigenvalue weighted by atomic mass is 16.5. The van der Waals surface area contributed by atoms with E-state index in [-0.39, 0.29) is 5.75 Å². The Hall–Kier alpha value is -2.29. The fraction of sp³-hybridized carbons (Fsp3) is 0.458. The molecule has 2 aromatic carbocycles. The summed E-state index contributed by atoms with van der Waals surface area (Å²) in [5.41, 5.74) is 4.22. The number of hydrogen-bond acceptors (Lipinski definition) is 3. The van der Waals surface area contributed by atoms with E-state index in [1.807, 2.05) is 12.1 Å². The van der Waals surface area contributed by atoms with E-state index in [0.29, 0.717) is 11.5 Å². The number of hydrogen-bond donors (Lipinski definition) is 1. The monoisotopic (exact) mass is 364 g/mol. The highest BCUT2D eigenvalue weighted by Gasteiger charge is 2.37. The van der Waals surface area contributed by atoms with Crippen LogP contribution in [0.5, 0.6) is 5.75 Å². The Labute approximate surface area is 161 Å². The number of ether oxygens (including phenoxy) is 1. The lowest BCUT2D eigenvalue weighted by molar-refractivity contribution is 0.0596. The van der Waals surface area contributed by atoms with Crippen LogP contribution in [-0.4, -0.2) is 18.2 Å². The van der Waals surface area contributed by atoms with E-state index in [0.717, 1.165) is 30.2 Å². The van der Waals surface area contributed by atoms with Gasteiger partial charge in [0.1, 0.15) is 11.3 Å². The molecule has 0 radical (unpaired) electrons. The van der Waals surface area contributed by atoms with Crippen molar-refractivity contribution in [3.63, 3.8) is 0 Å². The first-order valence-electron chi connectivity index (χ1n) is 10.2. The van der Waals surface area contributed by atoms with E-state index in [4.69, 9.17) is 4.74 Å². The highest BCUT2D eigenvalue weighted by Crippen LogP contribution is 2.48. The lowest BCUT2D eigenvalue weighted by Crippen LogP contribution is -2.32. The second-order valence-corrected chi connectivity index (χ2v) is 8.06. The molecule has 1 fully saturated rings. The van der Waals surface area contributed by atoms with Crippen LogP contribution >= 0.6 is 0 Å². The Morgan fingerprint density at radius 1 is 1.11 bits per heavy atom. The number of phenols is 1. The van der Waals surface area contributed by atoms with Gasteiger partial charge in [0.05, 0.1) is 7.11 Å². The van der Waals surface area contributed by atoms with Gasteiger partial charge in [-0.05, 0) is 72.6 Å². The molecule has 2 aliphatic carbocycles. The summed E-state index contributed by atoms with van der Waals surface area (Å²) < 4.78 is 4.89. The maximum Gasteiger partial charge on any atom is 0.341 e. The number of carbonyl (C=O) groups is 1. The third kappa shape index (κ3) is 3.47. The topological polar surface area (TPSA) is 46.5 Å². The van der Waals surface area contributed by atoms with Crippen molar-refractivity contribution >= 4 is 5.97 Å². The van der Waals surface area contributed by atoms with Crippen LogP contribution in [0, 0.1) is 11.8 Å². The zero-order valence-electron chi connectivity index (χ0n) is 16.0. The summed E-state index contributed by atoms with van der Waals surface area (Å²) in [5, 5.41) is 10.2. The van der Waals surface area contributed by atoms with Crippen molar-refractivity contribution in [2.45, 2.75) is 50.9 Å². The maximum absolute atomic E-state index is 12.2. The number of benzene rings is 2. The molecule has 3 heteroatoms. The highest BCUT2D eigenvalue weighted by molar-refractivity contribution is 5.94. The first-order valence-corrected chi connectivity index (χ1v) is 10.2. The lowest BCUT2D eigenvalue weighted by atomic mass is 9.62. The van der Waals surface area contributed by atoms with E-state index < -0.39 is 5.97 Å². The van der Waals surface area contributed by atoms with Crippen LogP contribution in [0.15, 0.2) is 42.5 Å². The quantitative estimate of drug-likeness (QED) is 0.753. The molecule has 0 bridgehead atoms. The number of carbonyl (C=O) groups excluding carboxylic acids is 1. The predicted octanol–water partition coefficient (Wildman–Crippen LogP) is 5.26. The zero-order valence-corrected chi connectivity index (χ0v) is 16.0. The Kier molecular flexibility index (Phi) is 5.20. The molecule has 0 aliphatic heterocycles. The number of rotatable bonds is 4. The molecule has 0 spiro atoms. The summed E-state index contributed by atoms with van der Waals surface area (Å²) in [6.45, 7) is 0. The van der Waals surface area contributed by atoms with E-state index in [1.165, 1.54) is 50.3 Å². The SMILES string of the molecule is COC(=O)c1c(O)cccc1CC[C@H]1c2ccccc2C[C@@H]2CCCC[C@@H]21. The van der Waals surface area contributed by atoms with Crippen LogP contribution in [0.4, 0.5) is 0 Å². The van der Waals surface area contributed by atoms with Crippen molar-refractivity contribution in [1.82, 2.24) is 0 Å². The van der Waals surface area contributed by atoms with Gasteiger partial charge in [-0.2, -0.15) is 0 Å². The van der Waals surface area contributed by atoms with Crippen LogP contribution in [-0.2, 0) is 17.6 Å². The summed E-state index contributed by atoms with van der Waals surface area (Å²) in [6.07, 6.45) is 8.35. The fourth-order valence-corrected chi connectivity index (χ4v) is 5.43. The van der Waals surface area contributed by atoms with Gasteiger partial charge in [0.15, 0.2) is 0 Å². The molecule has 4 rings (SSSR count). The lowest BCUT2D eigenvalue weighted by Gasteiger charge is -2.43. The molecule has 0 saturated heterocycles. The molecule has 0 unspecified atom stereocenters. The summed E-state index contributed by atoms with van der Waals surface area (Å²) in [4.78, 5) is 12.2. The van der Waals surface area contributed by atoms with Crippen LogP contribution in [0.2, 0.25) is 0 Å². The molecule has 1 N–H and O–H groups in total.